The van der Waals surface area contributed by atoms with Gasteiger partial charge in [0.1, 0.15) is 11.6 Å². The van der Waals surface area contributed by atoms with E-state index in [1.54, 1.807) is 6.20 Å². The lowest BCUT2D eigenvalue weighted by Crippen LogP contribution is -2.06. The van der Waals surface area contributed by atoms with Crippen molar-refractivity contribution in [1.82, 2.24) is 19.9 Å². The van der Waals surface area contributed by atoms with Gasteiger partial charge in [-0.15, -0.1) is 0 Å². The third-order valence-corrected chi connectivity index (χ3v) is 3.21. The van der Waals surface area contributed by atoms with E-state index in [9.17, 15) is 0 Å². The molecule has 2 N–H and O–H groups in total. The molecule has 5 heteroatoms. The molecule has 21 heavy (non-hydrogen) atoms. The number of H-pyrrole nitrogens is 1. The standard InChI is InChI=1S/C16H17N5/c1-11-8-17-12(2)16(20-11)19-10-15-18-9-14(21-15)13-6-4-3-5-7-13/h3-9H,10H2,1-2H3,(H,18,21)(H,19,20). The van der Waals surface area contributed by atoms with E-state index in [1.807, 2.05) is 38.2 Å². The van der Waals surface area contributed by atoms with Crippen LogP contribution in [0.5, 0.6) is 0 Å². The average Bonchev–Trinajstić information content (AvgIpc) is 2.98. The van der Waals surface area contributed by atoms with Gasteiger partial charge < -0.3 is 10.3 Å². The van der Waals surface area contributed by atoms with Crippen LogP contribution in [-0.2, 0) is 6.54 Å². The lowest BCUT2D eigenvalue weighted by Gasteiger charge is -2.06. The molecule has 0 atom stereocenters. The number of imidazole rings is 1. The van der Waals surface area contributed by atoms with E-state index in [4.69, 9.17) is 0 Å². The summed E-state index contributed by atoms with van der Waals surface area (Å²) >= 11 is 0. The van der Waals surface area contributed by atoms with E-state index < -0.39 is 0 Å². The summed E-state index contributed by atoms with van der Waals surface area (Å²) in [5, 5.41) is 3.27. The van der Waals surface area contributed by atoms with Crippen LogP contribution < -0.4 is 5.32 Å². The Bertz CT molecular complexity index is 733. The minimum absolute atomic E-state index is 0.589. The zero-order valence-corrected chi connectivity index (χ0v) is 12.1. The summed E-state index contributed by atoms with van der Waals surface area (Å²) in [6.07, 6.45) is 3.61. The largest absolute Gasteiger partial charge is 0.361 e. The third kappa shape index (κ3) is 3.08. The lowest BCUT2D eigenvalue weighted by molar-refractivity contribution is 0.963. The van der Waals surface area contributed by atoms with Gasteiger partial charge in [-0.2, -0.15) is 0 Å². The first-order chi connectivity index (χ1) is 10.2. The molecule has 0 fully saturated rings. The predicted molar refractivity (Wildman–Crippen MR) is 82.9 cm³/mol. The molecule has 0 spiro atoms. The zero-order valence-electron chi connectivity index (χ0n) is 12.1. The van der Waals surface area contributed by atoms with Crippen LogP contribution in [0.4, 0.5) is 5.82 Å². The Morgan fingerprint density at radius 2 is 1.86 bits per heavy atom. The Labute approximate surface area is 123 Å². The number of nitrogens with one attached hydrogen (secondary N) is 2. The number of anilines is 1. The molecule has 0 saturated heterocycles. The van der Waals surface area contributed by atoms with E-state index in [1.165, 1.54) is 0 Å². The van der Waals surface area contributed by atoms with E-state index in [2.05, 4.69) is 37.4 Å². The van der Waals surface area contributed by atoms with Crippen molar-refractivity contribution in [2.75, 3.05) is 5.32 Å². The van der Waals surface area contributed by atoms with Crippen LogP contribution in [0.15, 0.2) is 42.7 Å². The molecule has 0 aliphatic heterocycles. The number of hydrogen-bond acceptors (Lipinski definition) is 4. The highest BCUT2D eigenvalue weighted by Gasteiger charge is 2.05. The van der Waals surface area contributed by atoms with Crippen molar-refractivity contribution in [3.8, 4) is 11.3 Å². The highest BCUT2D eigenvalue weighted by Crippen LogP contribution is 2.16. The molecule has 0 aliphatic carbocycles. The van der Waals surface area contributed by atoms with E-state index in [-0.39, 0.29) is 0 Å². The first-order valence-electron chi connectivity index (χ1n) is 6.86. The van der Waals surface area contributed by atoms with Crippen LogP contribution in [0.25, 0.3) is 11.3 Å². The zero-order chi connectivity index (χ0) is 14.7. The lowest BCUT2D eigenvalue weighted by atomic mass is 10.2. The Morgan fingerprint density at radius 3 is 2.67 bits per heavy atom. The molecular weight excluding hydrogens is 262 g/mol. The number of nitrogens with zero attached hydrogens (tertiary/aromatic N) is 3. The first-order valence-corrected chi connectivity index (χ1v) is 6.86. The molecular formula is C16H17N5. The predicted octanol–water partition coefficient (Wildman–Crippen LogP) is 3.10. The molecule has 2 aromatic heterocycles. The average molecular weight is 279 g/mol. The number of hydrogen-bond donors (Lipinski definition) is 2. The number of aromatic amines is 1. The van der Waals surface area contributed by atoms with Crippen LogP contribution >= 0.6 is 0 Å². The number of benzene rings is 1. The van der Waals surface area contributed by atoms with E-state index in [0.29, 0.717) is 6.54 Å². The number of aromatic nitrogens is 4. The summed E-state index contributed by atoms with van der Waals surface area (Å²) in [5.41, 5.74) is 3.92. The van der Waals surface area contributed by atoms with E-state index >= 15 is 0 Å². The van der Waals surface area contributed by atoms with Gasteiger partial charge in [0.25, 0.3) is 0 Å². The summed E-state index contributed by atoms with van der Waals surface area (Å²) in [7, 11) is 0. The molecule has 3 aromatic rings. The van der Waals surface area contributed by atoms with Crippen molar-refractivity contribution >= 4 is 5.82 Å². The van der Waals surface area contributed by atoms with Crippen molar-refractivity contribution in [3.05, 3.63) is 59.9 Å². The van der Waals surface area contributed by atoms with Crippen LogP contribution in [0.2, 0.25) is 0 Å². The van der Waals surface area contributed by atoms with Gasteiger partial charge >= 0.3 is 0 Å². The van der Waals surface area contributed by atoms with Gasteiger partial charge in [0.15, 0.2) is 0 Å². The highest BCUT2D eigenvalue weighted by atomic mass is 15.1. The molecule has 5 nitrogen and oxygen atoms in total. The topological polar surface area (TPSA) is 66.5 Å². The number of rotatable bonds is 4. The molecule has 2 heterocycles. The fraction of sp³-hybridized carbons (Fsp3) is 0.188. The van der Waals surface area contributed by atoms with Crippen LogP contribution in [-0.4, -0.2) is 19.9 Å². The van der Waals surface area contributed by atoms with Crippen molar-refractivity contribution < 1.29 is 0 Å². The summed E-state index contributed by atoms with van der Waals surface area (Å²) in [4.78, 5) is 16.4. The second kappa shape index (κ2) is 5.75. The quantitative estimate of drug-likeness (QED) is 0.770. The van der Waals surface area contributed by atoms with Gasteiger partial charge in [0, 0.05) is 6.20 Å². The maximum absolute atomic E-state index is 4.44. The minimum atomic E-state index is 0.589. The molecule has 0 amide bonds. The Balaban J connectivity index is 1.72. The maximum atomic E-state index is 4.44. The molecule has 0 saturated carbocycles. The van der Waals surface area contributed by atoms with Gasteiger partial charge in [0.2, 0.25) is 0 Å². The van der Waals surface area contributed by atoms with Crippen LogP contribution in [0.3, 0.4) is 0 Å². The second-order valence-electron chi connectivity index (χ2n) is 4.91. The summed E-state index contributed by atoms with van der Waals surface area (Å²) in [6.45, 7) is 4.45. The molecule has 0 radical (unpaired) electrons. The monoisotopic (exact) mass is 279 g/mol. The highest BCUT2D eigenvalue weighted by molar-refractivity contribution is 5.58. The fourth-order valence-electron chi connectivity index (χ4n) is 2.09. The SMILES string of the molecule is Cc1cnc(C)c(NCc2ncc(-c3ccccc3)[nH]2)n1. The molecule has 0 aliphatic rings. The van der Waals surface area contributed by atoms with Crippen molar-refractivity contribution in [2.24, 2.45) is 0 Å². The smallest absolute Gasteiger partial charge is 0.148 e. The summed E-state index contributed by atoms with van der Waals surface area (Å²) < 4.78 is 0. The van der Waals surface area contributed by atoms with Crippen molar-refractivity contribution in [2.45, 2.75) is 20.4 Å². The normalized spacial score (nSPS) is 10.6. The van der Waals surface area contributed by atoms with Crippen molar-refractivity contribution in [3.63, 3.8) is 0 Å². The van der Waals surface area contributed by atoms with Gasteiger partial charge in [-0.05, 0) is 19.4 Å². The fourth-order valence-corrected chi connectivity index (χ4v) is 2.09. The summed E-state index contributed by atoms with van der Waals surface area (Å²) in [5.74, 6) is 1.67. The molecule has 3 rings (SSSR count). The Hall–Kier alpha value is -2.69. The molecule has 1 aromatic carbocycles. The van der Waals surface area contributed by atoms with Gasteiger partial charge in [0.05, 0.1) is 29.8 Å². The van der Waals surface area contributed by atoms with Crippen molar-refractivity contribution in [1.29, 1.82) is 0 Å². The van der Waals surface area contributed by atoms with Gasteiger partial charge in [-0.1, -0.05) is 30.3 Å². The van der Waals surface area contributed by atoms with Gasteiger partial charge in [-0.3, -0.25) is 4.98 Å². The minimum Gasteiger partial charge on any atom is -0.361 e. The van der Waals surface area contributed by atoms with Crippen LogP contribution in [0, 0.1) is 13.8 Å². The third-order valence-electron chi connectivity index (χ3n) is 3.21. The Morgan fingerprint density at radius 1 is 1.05 bits per heavy atom. The maximum Gasteiger partial charge on any atom is 0.148 e. The molecule has 106 valence electrons. The second-order valence-corrected chi connectivity index (χ2v) is 4.91. The summed E-state index contributed by atoms with van der Waals surface area (Å²) in [6, 6.07) is 10.1. The van der Waals surface area contributed by atoms with E-state index in [0.717, 1.165) is 34.3 Å². The van der Waals surface area contributed by atoms with Gasteiger partial charge in [-0.25, -0.2) is 9.97 Å². The number of aryl methyl sites for hydroxylation is 2. The Kier molecular flexibility index (Phi) is 3.64. The van der Waals surface area contributed by atoms with Crippen LogP contribution in [0.1, 0.15) is 17.2 Å². The first kappa shape index (κ1) is 13.3. The molecule has 0 unspecified atom stereocenters. The molecule has 0 bridgehead atoms.